The number of hydrogen-bond acceptors (Lipinski definition) is 4. The summed E-state index contributed by atoms with van der Waals surface area (Å²) in [5, 5.41) is 16.3. The summed E-state index contributed by atoms with van der Waals surface area (Å²) in [6.07, 6.45) is 4.64. The molecule has 0 radical (unpaired) electrons. The Morgan fingerprint density at radius 3 is 2.69 bits per heavy atom. The van der Waals surface area contributed by atoms with Gasteiger partial charge in [-0.2, -0.15) is 0 Å². The first-order chi connectivity index (χ1) is 7.74. The largest absolute Gasteiger partial charge is 0.393 e. The molecule has 2 aliphatic rings. The third-order valence-electron chi connectivity index (χ3n) is 3.56. The molecule has 2 rings (SSSR count). The zero-order valence-corrected chi connectivity index (χ0v) is 10.1. The summed E-state index contributed by atoms with van der Waals surface area (Å²) in [4.78, 5) is 0. The molecule has 1 aliphatic carbocycles. The van der Waals surface area contributed by atoms with E-state index in [-0.39, 0.29) is 6.10 Å². The van der Waals surface area contributed by atoms with E-state index in [1.165, 1.54) is 0 Å². The Morgan fingerprint density at radius 1 is 1.25 bits per heavy atom. The highest BCUT2D eigenvalue weighted by atomic mass is 16.5. The molecule has 0 bridgehead atoms. The van der Waals surface area contributed by atoms with Crippen LogP contribution in [0.15, 0.2) is 0 Å². The molecular formula is C12H24N2O2. The highest BCUT2D eigenvalue weighted by Crippen LogP contribution is 2.18. The first kappa shape index (κ1) is 12.3. The maximum atomic E-state index is 9.42. The number of aliphatic hydroxyl groups excluding tert-OH is 1. The molecule has 2 fully saturated rings. The van der Waals surface area contributed by atoms with Gasteiger partial charge in [0.25, 0.3) is 0 Å². The van der Waals surface area contributed by atoms with Crippen LogP contribution in [-0.2, 0) is 4.74 Å². The number of rotatable bonds is 3. The second-order valence-electron chi connectivity index (χ2n) is 5.14. The number of aliphatic hydroxyl groups is 1. The maximum absolute atomic E-state index is 9.42. The Hall–Kier alpha value is -0.160. The van der Waals surface area contributed by atoms with Crippen LogP contribution in [0.1, 0.15) is 32.6 Å². The van der Waals surface area contributed by atoms with Gasteiger partial charge >= 0.3 is 0 Å². The number of nitrogens with one attached hydrogen (secondary N) is 2. The van der Waals surface area contributed by atoms with Crippen LogP contribution in [0.2, 0.25) is 0 Å². The van der Waals surface area contributed by atoms with Crippen molar-refractivity contribution < 1.29 is 9.84 Å². The Labute approximate surface area is 97.7 Å². The fourth-order valence-corrected chi connectivity index (χ4v) is 2.57. The van der Waals surface area contributed by atoms with Crippen LogP contribution in [0, 0.1) is 0 Å². The summed E-state index contributed by atoms with van der Waals surface area (Å²) in [7, 11) is 0. The normalized spacial score (nSPS) is 40.9. The van der Waals surface area contributed by atoms with E-state index in [4.69, 9.17) is 4.74 Å². The maximum Gasteiger partial charge on any atom is 0.0827 e. The van der Waals surface area contributed by atoms with Gasteiger partial charge in [0.15, 0.2) is 0 Å². The van der Waals surface area contributed by atoms with Crippen LogP contribution >= 0.6 is 0 Å². The molecule has 1 saturated carbocycles. The first-order valence-corrected chi connectivity index (χ1v) is 6.51. The first-order valence-electron chi connectivity index (χ1n) is 6.51. The molecule has 1 aliphatic heterocycles. The second-order valence-corrected chi connectivity index (χ2v) is 5.14. The summed E-state index contributed by atoms with van der Waals surface area (Å²) >= 11 is 0. The van der Waals surface area contributed by atoms with E-state index >= 15 is 0 Å². The van der Waals surface area contributed by atoms with Crippen molar-refractivity contribution in [2.75, 3.05) is 19.6 Å². The van der Waals surface area contributed by atoms with Crippen molar-refractivity contribution in [2.24, 2.45) is 0 Å². The molecule has 0 aromatic rings. The SMILES string of the molecule is C[C@@H]1CNC[C@@H](CNC2CCC(O)CC2)O1. The van der Waals surface area contributed by atoms with Gasteiger partial charge in [0.05, 0.1) is 18.3 Å². The van der Waals surface area contributed by atoms with Gasteiger partial charge in [-0.3, -0.25) is 0 Å². The number of morpholine rings is 1. The van der Waals surface area contributed by atoms with Crippen molar-refractivity contribution in [1.29, 1.82) is 0 Å². The van der Waals surface area contributed by atoms with Gasteiger partial charge < -0.3 is 20.5 Å². The zero-order chi connectivity index (χ0) is 11.4. The van der Waals surface area contributed by atoms with Crippen molar-refractivity contribution in [1.82, 2.24) is 10.6 Å². The Balaban J connectivity index is 1.63. The van der Waals surface area contributed by atoms with E-state index in [0.717, 1.165) is 45.3 Å². The van der Waals surface area contributed by atoms with Crippen LogP contribution in [0.5, 0.6) is 0 Å². The second kappa shape index (κ2) is 5.96. The van der Waals surface area contributed by atoms with E-state index in [2.05, 4.69) is 17.6 Å². The standard InChI is InChI=1S/C12H24N2O2/c1-9-6-13-7-12(16-9)8-14-10-2-4-11(15)5-3-10/h9-15H,2-8H2,1H3/t9-,10?,11?,12+/m1/s1. The lowest BCUT2D eigenvalue weighted by atomic mass is 9.93. The Bertz CT molecular complexity index is 205. The highest BCUT2D eigenvalue weighted by molar-refractivity contribution is 4.80. The topological polar surface area (TPSA) is 53.5 Å². The van der Waals surface area contributed by atoms with Gasteiger partial charge in [0.2, 0.25) is 0 Å². The lowest BCUT2D eigenvalue weighted by Gasteiger charge is -2.32. The van der Waals surface area contributed by atoms with Crippen molar-refractivity contribution >= 4 is 0 Å². The van der Waals surface area contributed by atoms with Gasteiger partial charge in [0, 0.05) is 25.7 Å². The van der Waals surface area contributed by atoms with Crippen LogP contribution in [0.3, 0.4) is 0 Å². The van der Waals surface area contributed by atoms with E-state index in [1.807, 2.05) is 0 Å². The minimum Gasteiger partial charge on any atom is -0.393 e. The molecule has 0 unspecified atom stereocenters. The fourth-order valence-electron chi connectivity index (χ4n) is 2.57. The molecule has 4 heteroatoms. The molecule has 0 aromatic heterocycles. The molecule has 0 amide bonds. The van der Waals surface area contributed by atoms with Gasteiger partial charge in [-0.1, -0.05) is 0 Å². The van der Waals surface area contributed by atoms with Crippen LogP contribution in [0.25, 0.3) is 0 Å². The van der Waals surface area contributed by atoms with Gasteiger partial charge in [-0.05, 0) is 32.6 Å². The zero-order valence-electron chi connectivity index (χ0n) is 10.1. The number of ether oxygens (including phenoxy) is 1. The molecule has 0 aromatic carbocycles. The Kier molecular flexibility index (Phi) is 4.58. The molecule has 2 atom stereocenters. The van der Waals surface area contributed by atoms with E-state index in [1.54, 1.807) is 0 Å². The van der Waals surface area contributed by atoms with Gasteiger partial charge in [-0.25, -0.2) is 0 Å². The molecule has 1 heterocycles. The summed E-state index contributed by atoms with van der Waals surface area (Å²) in [5.74, 6) is 0. The molecule has 16 heavy (non-hydrogen) atoms. The van der Waals surface area contributed by atoms with Crippen molar-refractivity contribution in [3.63, 3.8) is 0 Å². The smallest absolute Gasteiger partial charge is 0.0827 e. The fraction of sp³-hybridized carbons (Fsp3) is 1.00. The lowest BCUT2D eigenvalue weighted by Crippen LogP contribution is -2.49. The molecule has 1 saturated heterocycles. The predicted octanol–water partition coefficient (Wildman–Crippen LogP) is 0.256. The Morgan fingerprint density at radius 2 is 2.00 bits per heavy atom. The summed E-state index contributed by atoms with van der Waals surface area (Å²) in [6, 6.07) is 0.573. The summed E-state index contributed by atoms with van der Waals surface area (Å²) in [5.41, 5.74) is 0. The number of hydrogen-bond donors (Lipinski definition) is 3. The van der Waals surface area contributed by atoms with Gasteiger partial charge in [-0.15, -0.1) is 0 Å². The van der Waals surface area contributed by atoms with E-state index in [0.29, 0.717) is 18.2 Å². The van der Waals surface area contributed by atoms with E-state index < -0.39 is 0 Å². The minimum atomic E-state index is -0.0642. The average molecular weight is 228 g/mol. The van der Waals surface area contributed by atoms with Crippen molar-refractivity contribution in [2.45, 2.75) is 57.0 Å². The summed E-state index contributed by atoms with van der Waals surface area (Å²) in [6.45, 7) is 4.95. The van der Waals surface area contributed by atoms with Crippen molar-refractivity contribution in [3.05, 3.63) is 0 Å². The molecule has 0 spiro atoms. The minimum absolute atomic E-state index is 0.0642. The molecule has 94 valence electrons. The van der Waals surface area contributed by atoms with Crippen molar-refractivity contribution in [3.8, 4) is 0 Å². The monoisotopic (exact) mass is 228 g/mol. The highest BCUT2D eigenvalue weighted by Gasteiger charge is 2.22. The average Bonchev–Trinajstić information content (AvgIpc) is 2.28. The van der Waals surface area contributed by atoms with Gasteiger partial charge in [0.1, 0.15) is 0 Å². The third-order valence-corrected chi connectivity index (χ3v) is 3.56. The van der Waals surface area contributed by atoms with Crippen LogP contribution in [-0.4, -0.2) is 49.1 Å². The molecule has 3 N–H and O–H groups in total. The third kappa shape index (κ3) is 3.70. The lowest BCUT2D eigenvalue weighted by molar-refractivity contribution is -0.0278. The molecule has 4 nitrogen and oxygen atoms in total. The quantitative estimate of drug-likeness (QED) is 0.648. The van der Waals surface area contributed by atoms with Crippen LogP contribution < -0.4 is 10.6 Å². The predicted molar refractivity (Wildman–Crippen MR) is 63.5 cm³/mol. The summed E-state index contributed by atoms with van der Waals surface area (Å²) < 4.78 is 5.82. The van der Waals surface area contributed by atoms with Crippen LogP contribution in [0.4, 0.5) is 0 Å². The van der Waals surface area contributed by atoms with E-state index in [9.17, 15) is 5.11 Å². The molecular weight excluding hydrogens is 204 g/mol.